The third-order valence-corrected chi connectivity index (χ3v) is 6.33. The highest BCUT2D eigenvalue weighted by Crippen LogP contribution is 2.56. The number of allylic oxidation sites excluding steroid dienone is 2. The molecule has 0 radical (unpaired) electrons. The number of nitrogens with two attached hydrogens (primary N) is 1. The Balaban J connectivity index is 1.76. The van der Waals surface area contributed by atoms with E-state index in [-0.39, 0.29) is 22.9 Å². The van der Waals surface area contributed by atoms with Crippen LogP contribution in [0.1, 0.15) is 35.1 Å². The van der Waals surface area contributed by atoms with Crippen molar-refractivity contribution in [1.82, 2.24) is 4.90 Å². The predicted molar refractivity (Wildman–Crippen MR) is 118 cm³/mol. The molecule has 0 bridgehead atoms. The van der Waals surface area contributed by atoms with Gasteiger partial charge in [0.1, 0.15) is 23.8 Å². The summed E-state index contributed by atoms with van der Waals surface area (Å²) in [5.74, 6) is -1.60. The standard InChI is InChI=1S/C25H19F2N5O/c26-21-11-15(1-3-17(21)13-28)9-19-23(33)20(10-16-2-4-18(14-29)22(27)12-16)25(19)5-7-32(8-6-25)24(30)31/h1-4,9-12H,5-8H2,(H3,30,31)/b19-9-,20-10-. The highest BCUT2D eigenvalue weighted by molar-refractivity contribution is 6.23. The molecule has 1 heterocycles. The van der Waals surface area contributed by atoms with Gasteiger partial charge in [0.2, 0.25) is 0 Å². The van der Waals surface area contributed by atoms with Gasteiger partial charge in [-0.1, -0.05) is 12.1 Å². The van der Waals surface area contributed by atoms with Crippen LogP contribution in [0.4, 0.5) is 8.78 Å². The molecule has 33 heavy (non-hydrogen) atoms. The Morgan fingerprint density at radius 3 is 1.79 bits per heavy atom. The van der Waals surface area contributed by atoms with Crippen molar-refractivity contribution in [2.75, 3.05) is 13.1 Å². The van der Waals surface area contributed by atoms with Gasteiger partial charge in [0.05, 0.1) is 11.1 Å². The Bertz CT molecular complexity index is 1240. The van der Waals surface area contributed by atoms with E-state index in [4.69, 9.17) is 21.7 Å². The highest BCUT2D eigenvalue weighted by atomic mass is 19.1. The number of likely N-dealkylation sites (tertiary alicyclic amines) is 1. The summed E-state index contributed by atoms with van der Waals surface area (Å²) in [6.45, 7) is 0.918. The van der Waals surface area contributed by atoms with Crippen molar-refractivity contribution >= 4 is 23.9 Å². The first-order chi connectivity index (χ1) is 15.8. The molecule has 0 unspecified atom stereocenters. The number of benzene rings is 2. The van der Waals surface area contributed by atoms with Crippen molar-refractivity contribution in [2.45, 2.75) is 12.8 Å². The smallest absolute Gasteiger partial charge is 0.188 e. The molecule has 1 spiro atoms. The van der Waals surface area contributed by atoms with Gasteiger partial charge >= 0.3 is 0 Å². The maximum absolute atomic E-state index is 14.1. The van der Waals surface area contributed by atoms with Gasteiger partial charge in [-0.25, -0.2) is 8.78 Å². The Morgan fingerprint density at radius 1 is 0.970 bits per heavy atom. The lowest BCUT2D eigenvalue weighted by atomic mass is 9.54. The van der Waals surface area contributed by atoms with Crippen molar-refractivity contribution in [3.63, 3.8) is 0 Å². The third kappa shape index (κ3) is 3.77. The maximum Gasteiger partial charge on any atom is 0.188 e. The van der Waals surface area contributed by atoms with Gasteiger partial charge in [0.25, 0.3) is 0 Å². The second-order valence-electron chi connectivity index (χ2n) is 8.10. The number of halogens is 2. The van der Waals surface area contributed by atoms with Crippen LogP contribution in [0.25, 0.3) is 12.2 Å². The van der Waals surface area contributed by atoms with Crippen LogP contribution in [-0.4, -0.2) is 29.7 Å². The molecule has 1 saturated carbocycles. The SMILES string of the molecule is N#Cc1ccc(/C=C2/C(=O)/C(=C/c3ccc(C#N)c(F)c3)C23CCN(C(=N)N)CC3)cc1F. The van der Waals surface area contributed by atoms with E-state index >= 15 is 0 Å². The minimum absolute atomic E-state index is 0.0464. The van der Waals surface area contributed by atoms with Crippen molar-refractivity contribution < 1.29 is 13.6 Å². The van der Waals surface area contributed by atoms with Gasteiger partial charge in [-0.2, -0.15) is 10.5 Å². The van der Waals surface area contributed by atoms with E-state index in [0.29, 0.717) is 48.2 Å². The van der Waals surface area contributed by atoms with Crippen molar-refractivity contribution in [3.05, 3.63) is 81.4 Å². The van der Waals surface area contributed by atoms with E-state index < -0.39 is 17.0 Å². The molecule has 2 fully saturated rings. The van der Waals surface area contributed by atoms with Gasteiger partial charge < -0.3 is 10.6 Å². The van der Waals surface area contributed by atoms with Crippen molar-refractivity contribution in [1.29, 1.82) is 15.9 Å². The minimum Gasteiger partial charge on any atom is -0.370 e. The molecule has 2 aromatic rings. The van der Waals surface area contributed by atoms with Crippen LogP contribution in [0.5, 0.6) is 0 Å². The van der Waals surface area contributed by atoms with Crippen LogP contribution in [0, 0.1) is 45.1 Å². The predicted octanol–water partition coefficient (Wildman–Crippen LogP) is 3.73. The van der Waals surface area contributed by atoms with Crippen LogP contribution in [0.3, 0.4) is 0 Å². The minimum atomic E-state index is -0.664. The number of hydrogen-bond acceptors (Lipinski definition) is 4. The number of nitrogens with one attached hydrogen (secondary N) is 1. The fourth-order valence-corrected chi connectivity index (χ4v) is 4.49. The summed E-state index contributed by atoms with van der Waals surface area (Å²) < 4.78 is 28.2. The van der Waals surface area contributed by atoms with Gasteiger partial charge in [-0.15, -0.1) is 0 Å². The monoisotopic (exact) mass is 443 g/mol. The first kappa shape index (κ1) is 21.9. The lowest BCUT2D eigenvalue weighted by Gasteiger charge is -2.50. The normalized spacial score (nSPS) is 19.3. The summed E-state index contributed by atoms with van der Waals surface area (Å²) in [4.78, 5) is 14.9. The van der Waals surface area contributed by atoms with E-state index in [1.165, 1.54) is 24.3 Å². The number of Topliss-reactive ketones (excluding diaryl/α,β-unsaturated/α-hetero) is 1. The van der Waals surface area contributed by atoms with E-state index in [1.54, 1.807) is 41.3 Å². The molecule has 0 aromatic heterocycles. The van der Waals surface area contributed by atoms with E-state index in [1.807, 2.05) is 0 Å². The van der Waals surface area contributed by atoms with E-state index in [0.717, 1.165) is 0 Å². The molecule has 1 saturated heterocycles. The number of carbonyl (C=O) groups is 1. The van der Waals surface area contributed by atoms with Crippen LogP contribution in [0.15, 0.2) is 47.5 Å². The summed E-state index contributed by atoms with van der Waals surface area (Å²) in [5, 5.41) is 25.6. The second kappa shape index (κ2) is 8.33. The number of nitriles is 2. The lowest BCUT2D eigenvalue weighted by molar-refractivity contribution is -0.118. The Hall–Kier alpha value is -4.30. The average molecular weight is 443 g/mol. The van der Waals surface area contributed by atoms with Crippen molar-refractivity contribution in [2.24, 2.45) is 11.1 Å². The molecule has 6 nitrogen and oxygen atoms in total. The Morgan fingerprint density at radius 2 is 1.42 bits per heavy atom. The molecule has 1 aliphatic heterocycles. The van der Waals surface area contributed by atoms with E-state index in [2.05, 4.69) is 0 Å². The molecule has 8 heteroatoms. The zero-order valence-corrected chi connectivity index (χ0v) is 17.5. The summed E-state index contributed by atoms with van der Waals surface area (Å²) in [7, 11) is 0. The van der Waals surface area contributed by atoms with Gasteiger partial charge in [0, 0.05) is 29.7 Å². The fourth-order valence-electron chi connectivity index (χ4n) is 4.49. The number of carbonyl (C=O) groups excluding carboxylic acids is 1. The number of piperidine rings is 1. The molecule has 0 atom stereocenters. The zero-order chi connectivity index (χ0) is 23.8. The highest BCUT2D eigenvalue weighted by Gasteiger charge is 2.54. The number of guanidine groups is 1. The molecule has 1 aliphatic carbocycles. The molecular formula is C25H19F2N5O. The summed E-state index contributed by atoms with van der Waals surface area (Å²) in [5.41, 5.74) is 6.77. The average Bonchev–Trinajstić information content (AvgIpc) is 2.81. The molecular weight excluding hydrogens is 424 g/mol. The summed E-state index contributed by atoms with van der Waals surface area (Å²) >= 11 is 0. The van der Waals surface area contributed by atoms with Gasteiger partial charge in [0.15, 0.2) is 11.7 Å². The molecule has 2 aliphatic rings. The molecule has 2 aromatic carbocycles. The number of hydrogen-bond donors (Lipinski definition) is 2. The molecule has 164 valence electrons. The largest absolute Gasteiger partial charge is 0.370 e. The molecule has 3 N–H and O–H groups in total. The quantitative estimate of drug-likeness (QED) is 0.417. The van der Waals surface area contributed by atoms with Crippen LogP contribution < -0.4 is 5.73 Å². The Kier molecular flexibility index (Phi) is 5.53. The lowest BCUT2D eigenvalue weighted by Crippen LogP contribution is -2.53. The topological polar surface area (TPSA) is 118 Å². The maximum atomic E-state index is 14.1. The first-order valence-electron chi connectivity index (χ1n) is 10.3. The van der Waals surface area contributed by atoms with Crippen LogP contribution >= 0.6 is 0 Å². The number of rotatable bonds is 2. The first-order valence-corrected chi connectivity index (χ1v) is 10.3. The van der Waals surface area contributed by atoms with Crippen LogP contribution in [0.2, 0.25) is 0 Å². The molecule has 0 amide bonds. The number of ketones is 1. The summed E-state index contributed by atoms with van der Waals surface area (Å²) in [6, 6.07) is 11.9. The second-order valence-corrected chi connectivity index (χ2v) is 8.10. The van der Waals surface area contributed by atoms with E-state index in [9.17, 15) is 13.6 Å². The van der Waals surface area contributed by atoms with Crippen LogP contribution in [-0.2, 0) is 4.79 Å². The molecule has 4 rings (SSSR count). The number of nitrogens with zero attached hydrogens (tertiary/aromatic N) is 3. The fraction of sp³-hybridized carbons (Fsp3) is 0.200. The summed E-state index contributed by atoms with van der Waals surface area (Å²) in [6.07, 6.45) is 4.28. The van der Waals surface area contributed by atoms with Gasteiger partial charge in [-0.05, 0) is 60.4 Å². The zero-order valence-electron chi connectivity index (χ0n) is 17.5. The van der Waals surface area contributed by atoms with Gasteiger partial charge in [-0.3, -0.25) is 10.2 Å². The third-order valence-electron chi connectivity index (χ3n) is 6.33. The Labute approximate surface area is 189 Å². The van der Waals surface area contributed by atoms with Crippen molar-refractivity contribution in [3.8, 4) is 12.1 Å².